The monoisotopic (exact) mass is 903 g/mol. The molecule has 3 heterocycles. The molecule has 2 aromatic heterocycles. The van der Waals surface area contributed by atoms with E-state index in [0.717, 1.165) is 15.8 Å². The molecule has 3 aromatic carbocycles. The molecule has 6 rings (SSSR count). The average Bonchev–Trinajstić information content (AvgIpc) is 3.59. The SMILES string of the molecule is CCN(Cc1nnc(-c2cccc(NC(=O)CC(C)(C)OCC(C)(C)NC(=O)CCN3C(=O)C=CC3=O)c2)nn1)C(=O)Oc1ccc(COC(=O)Nc2ccc3c(C)cc(=O)oc3c2)cc1. The van der Waals surface area contributed by atoms with E-state index in [4.69, 9.17) is 18.6 Å². The van der Waals surface area contributed by atoms with Gasteiger partial charge in [-0.15, -0.1) is 20.4 Å². The van der Waals surface area contributed by atoms with Crippen molar-refractivity contribution in [2.75, 3.05) is 30.3 Å². The second-order valence-electron chi connectivity index (χ2n) is 16.5. The fourth-order valence-electron chi connectivity index (χ4n) is 6.53. The highest BCUT2D eigenvalue weighted by molar-refractivity contribution is 6.13. The number of aromatic nitrogens is 4. The van der Waals surface area contributed by atoms with Crippen LogP contribution in [0.2, 0.25) is 0 Å². The molecule has 0 atom stereocenters. The lowest BCUT2D eigenvalue weighted by molar-refractivity contribution is -0.137. The molecule has 66 heavy (non-hydrogen) atoms. The van der Waals surface area contributed by atoms with Crippen molar-refractivity contribution in [2.45, 2.75) is 78.7 Å². The maximum absolute atomic E-state index is 13.1. The zero-order valence-corrected chi connectivity index (χ0v) is 37.2. The number of aryl methyl sites for hydroxylation is 1. The van der Waals surface area contributed by atoms with Gasteiger partial charge in [0.15, 0.2) is 5.82 Å². The van der Waals surface area contributed by atoms with Crippen LogP contribution in [0.1, 0.15) is 64.4 Å². The molecule has 0 saturated carbocycles. The minimum atomic E-state index is -0.916. The van der Waals surface area contributed by atoms with Gasteiger partial charge in [0.05, 0.1) is 30.7 Å². The van der Waals surface area contributed by atoms with Crippen LogP contribution in [0.3, 0.4) is 0 Å². The number of nitrogens with zero attached hydrogens (tertiary/aromatic N) is 6. The second kappa shape index (κ2) is 20.8. The second-order valence-corrected chi connectivity index (χ2v) is 16.5. The number of benzene rings is 3. The Bertz CT molecular complexity index is 2700. The first-order chi connectivity index (χ1) is 31.3. The molecule has 20 heteroatoms. The molecule has 0 saturated heterocycles. The Morgan fingerprint density at radius 2 is 1.52 bits per heavy atom. The summed E-state index contributed by atoms with van der Waals surface area (Å²) in [5.74, 6) is -0.999. The molecule has 344 valence electrons. The summed E-state index contributed by atoms with van der Waals surface area (Å²) in [6.45, 7) is 10.8. The summed E-state index contributed by atoms with van der Waals surface area (Å²) >= 11 is 0. The first-order valence-electron chi connectivity index (χ1n) is 20.8. The Morgan fingerprint density at radius 3 is 2.21 bits per heavy atom. The van der Waals surface area contributed by atoms with Crippen LogP contribution in [0.25, 0.3) is 22.4 Å². The number of carbonyl (C=O) groups is 6. The zero-order valence-electron chi connectivity index (χ0n) is 37.2. The number of nitrogens with one attached hydrogen (secondary N) is 3. The fraction of sp³-hybridized carbons (Fsp3) is 0.326. The van der Waals surface area contributed by atoms with Gasteiger partial charge in [-0.25, -0.2) is 14.4 Å². The highest BCUT2D eigenvalue weighted by atomic mass is 16.6. The molecule has 0 aliphatic carbocycles. The zero-order chi connectivity index (χ0) is 47.6. The van der Waals surface area contributed by atoms with Crippen LogP contribution in [-0.4, -0.2) is 96.8 Å². The van der Waals surface area contributed by atoms with E-state index in [2.05, 4.69) is 36.3 Å². The summed E-state index contributed by atoms with van der Waals surface area (Å²) < 4.78 is 22.2. The van der Waals surface area contributed by atoms with E-state index in [9.17, 15) is 33.6 Å². The molecule has 0 bridgehead atoms. The van der Waals surface area contributed by atoms with Crippen LogP contribution >= 0.6 is 0 Å². The quantitative estimate of drug-likeness (QED) is 0.0730. The largest absolute Gasteiger partial charge is 0.444 e. The maximum Gasteiger partial charge on any atom is 0.415 e. The van der Waals surface area contributed by atoms with Crippen LogP contribution in [0, 0.1) is 6.92 Å². The maximum atomic E-state index is 13.1. The fourth-order valence-corrected chi connectivity index (χ4v) is 6.53. The van der Waals surface area contributed by atoms with Gasteiger partial charge in [0.1, 0.15) is 17.9 Å². The summed E-state index contributed by atoms with van der Waals surface area (Å²) in [5.41, 5.74) is 0.906. The van der Waals surface area contributed by atoms with Crippen LogP contribution in [-0.2, 0) is 41.8 Å². The Morgan fingerprint density at radius 1 is 0.818 bits per heavy atom. The van der Waals surface area contributed by atoms with Crippen LogP contribution in [0.15, 0.2) is 94.2 Å². The van der Waals surface area contributed by atoms with E-state index < -0.39 is 40.8 Å². The van der Waals surface area contributed by atoms with E-state index in [1.165, 1.54) is 23.1 Å². The number of ether oxygens (including phenoxy) is 3. The molecule has 20 nitrogen and oxygen atoms in total. The van der Waals surface area contributed by atoms with E-state index in [-0.39, 0.29) is 74.9 Å². The van der Waals surface area contributed by atoms with Crippen molar-refractivity contribution in [3.63, 3.8) is 0 Å². The summed E-state index contributed by atoms with van der Waals surface area (Å²) in [6, 6.07) is 19.6. The number of fused-ring (bicyclic) bond motifs is 1. The van der Waals surface area contributed by atoms with Gasteiger partial charge in [-0.05, 0) is 89.1 Å². The molecule has 1 aliphatic rings. The molecule has 5 aromatic rings. The first-order valence-corrected chi connectivity index (χ1v) is 20.8. The minimum absolute atomic E-state index is 0.0166. The lowest BCUT2D eigenvalue weighted by atomic mass is 10.0. The van der Waals surface area contributed by atoms with Crippen LogP contribution in [0.5, 0.6) is 5.75 Å². The third-order valence-corrected chi connectivity index (χ3v) is 9.94. The molecule has 1 aliphatic heterocycles. The molecule has 0 fully saturated rings. The molecule has 6 amide bonds. The average molecular weight is 904 g/mol. The standard InChI is InChI=1S/C46H49N9O11/c1-7-54(44(62)65-33-14-11-29(12-15-33)26-63-43(61)48-32-13-16-34-28(2)21-41(60)66-35(34)23-32)25-36-50-52-42(53-51-36)30-9-8-10-31(22-30)47-38(57)24-46(5,6)64-27-45(3,4)49-37(56)19-20-55-39(58)17-18-40(55)59/h8-18,21-23H,7,19-20,24-27H2,1-6H3,(H,47,57)(H,48,61)(H,49,56). The number of imide groups is 1. The van der Waals surface area contributed by atoms with Crippen molar-refractivity contribution in [2.24, 2.45) is 0 Å². The highest BCUT2D eigenvalue weighted by Crippen LogP contribution is 2.24. The molecule has 0 unspecified atom stereocenters. The minimum Gasteiger partial charge on any atom is -0.444 e. The summed E-state index contributed by atoms with van der Waals surface area (Å²) in [6.07, 6.45) is 0.871. The van der Waals surface area contributed by atoms with Gasteiger partial charge in [-0.2, -0.15) is 0 Å². The van der Waals surface area contributed by atoms with Crippen LogP contribution in [0.4, 0.5) is 21.0 Å². The van der Waals surface area contributed by atoms with Crippen molar-refractivity contribution < 1.29 is 47.4 Å². The summed E-state index contributed by atoms with van der Waals surface area (Å²) in [5, 5.41) is 25.8. The van der Waals surface area contributed by atoms with E-state index in [1.807, 2.05) is 0 Å². The molecule has 0 radical (unpaired) electrons. The predicted molar refractivity (Wildman–Crippen MR) is 239 cm³/mol. The number of hydrogen-bond donors (Lipinski definition) is 3. The Hall–Kier alpha value is -7.87. The Labute approximate surface area is 378 Å². The number of anilines is 2. The third-order valence-electron chi connectivity index (χ3n) is 9.94. The van der Waals surface area contributed by atoms with E-state index in [0.29, 0.717) is 28.1 Å². The van der Waals surface area contributed by atoms with Crippen molar-refractivity contribution in [3.05, 3.63) is 112 Å². The van der Waals surface area contributed by atoms with Gasteiger partial charge in [0.25, 0.3) is 11.8 Å². The lowest BCUT2D eigenvalue weighted by Crippen LogP contribution is -2.49. The molecular formula is C46H49N9O11. The predicted octanol–water partition coefficient (Wildman–Crippen LogP) is 5.45. The molecular weight excluding hydrogens is 855 g/mol. The third kappa shape index (κ3) is 13.3. The van der Waals surface area contributed by atoms with Crippen molar-refractivity contribution in [1.29, 1.82) is 0 Å². The molecule has 0 spiro atoms. The van der Waals surface area contributed by atoms with Crippen molar-refractivity contribution in [3.8, 4) is 17.1 Å². The number of hydrogen-bond acceptors (Lipinski definition) is 15. The topological polar surface area (TPSA) is 254 Å². The smallest absolute Gasteiger partial charge is 0.415 e. The number of carbonyl (C=O) groups excluding carboxylic acids is 6. The number of amides is 6. The molecule has 3 N–H and O–H groups in total. The Balaban J connectivity index is 0.930. The van der Waals surface area contributed by atoms with Gasteiger partial charge in [0.2, 0.25) is 17.6 Å². The lowest BCUT2D eigenvalue weighted by Gasteiger charge is -2.32. The number of rotatable bonds is 18. The van der Waals surface area contributed by atoms with Crippen molar-refractivity contribution >= 4 is 58.2 Å². The van der Waals surface area contributed by atoms with Gasteiger partial charge in [0, 0.05) is 66.1 Å². The summed E-state index contributed by atoms with van der Waals surface area (Å²) in [4.78, 5) is 88.8. The summed E-state index contributed by atoms with van der Waals surface area (Å²) in [7, 11) is 0. The van der Waals surface area contributed by atoms with Crippen molar-refractivity contribution in [1.82, 2.24) is 35.5 Å². The van der Waals surface area contributed by atoms with E-state index in [1.54, 1.807) is 108 Å². The van der Waals surface area contributed by atoms with Crippen LogP contribution < -0.4 is 26.3 Å². The highest BCUT2D eigenvalue weighted by Gasteiger charge is 2.30. The normalized spacial score (nSPS) is 12.5. The van der Waals surface area contributed by atoms with Gasteiger partial charge in [-0.1, -0.05) is 24.3 Å². The van der Waals surface area contributed by atoms with E-state index >= 15 is 0 Å². The van der Waals surface area contributed by atoms with Gasteiger partial charge < -0.3 is 34.2 Å². The van der Waals surface area contributed by atoms with Gasteiger partial charge in [-0.3, -0.25) is 29.4 Å². The Kier molecular flexibility index (Phi) is 15.0. The first kappa shape index (κ1) is 47.6. The van der Waals surface area contributed by atoms with Gasteiger partial charge >= 0.3 is 17.8 Å².